The maximum Gasteiger partial charge on any atom is 0.309 e. The van der Waals surface area contributed by atoms with Crippen molar-refractivity contribution in [2.45, 2.75) is 17.3 Å². The van der Waals surface area contributed by atoms with Crippen molar-refractivity contribution in [2.24, 2.45) is 5.92 Å². The Morgan fingerprint density at radius 3 is 2.77 bits per heavy atom. The molecule has 0 saturated heterocycles. The van der Waals surface area contributed by atoms with E-state index in [-0.39, 0.29) is 23.8 Å². The van der Waals surface area contributed by atoms with E-state index in [2.05, 4.69) is 5.10 Å². The van der Waals surface area contributed by atoms with Gasteiger partial charge in [-0.2, -0.15) is 13.8 Å². The molecule has 118 valence electrons. The number of nitrogens with zero attached hydrogens (tertiary/aromatic N) is 3. The molecule has 7 nitrogen and oxygen atoms in total. The van der Waals surface area contributed by atoms with Gasteiger partial charge in [0.25, 0.3) is 10.0 Å². The Kier molecular flexibility index (Phi) is 3.75. The first-order valence-electron chi connectivity index (χ1n) is 6.37. The summed E-state index contributed by atoms with van der Waals surface area (Å²) < 4.78 is 40.7. The summed E-state index contributed by atoms with van der Waals surface area (Å²) in [6.45, 7) is -0.0747. The van der Waals surface area contributed by atoms with Gasteiger partial charge in [-0.3, -0.25) is 9.48 Å². The summed E-state index contributed by atoms with van der Waals surface area (Å²) in [5, 5.41) is 12.7. The molecule has 1 unspecified atom stereocenters. The van der Waals surface area contributed by atoms with E-state index in [4.69, 9.17) is 0 Å². The van der Waals surface area contributed by atoms with Gasteiger partial charge >= 0.3 is 5.97 Å². The maximum atomic E-state index is 13.1. The average molecular weight is 345 g/mol. The molecule has 3 heterocycles. The number of carbonyl (C=O) groups is 1. The van der Waals surface area contributed by atoms with Gasteiger partial charge in [0.15, 0.2) is 5.13 Å². The molecule has 0 aromatic carbocycles. The van der Waals surface area contributed by atoms with E-state index in [1.54, 1.807) is 6.07 Å². The van der Waals surface area contributed by atoms with Crippen LogP contribution in [0.2, 0.25) is 0 Å². The molecule has 0 fully saturated rings. The Labute approximate surface area is 129 Å². The highest BCUT2D eigenvalue weighted by Gasteiger charge is 2.35. The third-order valence-electron chi connectivity index (χ3n) is 3.45. The molecular formula is C12H12FN3O4S2. The molecule has 1 aliphatic rings. The number of carboxylic acid groups (broad SMARTS) is 1. The minimum Gasteiger partial charge on any atom is -0.481 e. The standard InChI is InChI=1S/C12H12FN3O4S2/c13-10-1-2-11(21-10)22(19,20)15-5-8(12(17)18)6-16-9(7-15)3-4-14-16/h1-4,8H,5-7H2,(H,17,18). The zero-order valence-electron chi connectivity index (χ0n) is 11.2. The lowest BCUT2D eigenvalue weighted by Crippen LogP contribution is -2.36. The summed E-state index contributed by atoms with van der Waals surface area (Å²) in [6.07, 6.45) is 1.50. The molecule has 0 amide bonds. The van der Waals surface area contributed by atoms with Crippen molar-refractivity contribution in [3.8, 4) is 0 Å². The van der Waals surface area contributed by atoms with Crippen molar-refractivity contribution in [1.29, 1.82) is 0 Å². The van der Waals surface area contributed by atoms with E-state index in [1.807, 2.05) is 0 Å². The van der Waals surface area contributed by atoms with E-state index in [1.165, 1.54) is 16.9 Å². The van der Waals surface area contributed by atoms with Gasteiger partial charge < -0.3 is 5.11 Å². The predicted molar refractivity (Wildman–Crippen MR) is 75.2 cm³/mol. The first-order chi connectivity index (χ1) is 10.4. The van der Waals surface area contributed by atoms with Crippen molar-refractivity contribution in [3.63, 3.8) is 0 Å². The Morgan fingerprint density at radius 2 is 2.14 bits per heavy atom. The lowest BCUT2D eigenvalue weighted by Gasteiger charge is -2.20. The van der Waals surface area contributed by atoms with Gasteiger partial charge in [0.2, 0.25) is 0 Å². The monoisotopic (exact) mass is 345 g/mol. The summed E-state index contributed by atoms with van der Waals surface area (Å²) in [7, 11) is -3.94. The Balaban J connectivity index is 2.00. The fraction of sp³-hybridized carbons (Fsp3) is 0.333. The first kappa shape index (κ1) is 15.1. The van der Waals surface area contributed by atoms with Crippen molar-refractivity contribution in [1.82, 2.24) is 14.1 Å². The van der Waals surface area contributed by atoms with Crippen molar-refractivity contribution in [2.75, 3.05) is 6.54 Å². The Bertz CT molecular complexity index is 814. The number of carboxylic acids is 1. The van der Waals surface area contributed by atoms with Crippen LogP contribution in [0.15, 0.2) is 28.6 Å². The second kappa shape index (κ2) is 5.45. The van der Waals surface area contributed by atoms with Crippen LogP contribution >= 0.6 is 11.3 Å². The summed E-state index contributed by atoms with van der Waals surface area (Å²) >= 11 is 0.522. The lowest BCUT2D eigenvalue weighted by molar-refractivity contribution is -0.142. The molecule has 1 atom stereocenters. The number of aliphatic carboxylic acids is 1. The third kappa shape index (κ3) is 2.64. The molecule has 0 radical (unpaired) electrons. The number of sulfonamides is 1. The van der Waals surface area contributed by atoms with Gasteiger partial charge in [-0.05, 0) is 18.2 Å². The van der Waals surface area contributed by atoms with Crippen molar-refractivity contribution >= 4 is 27.3 Å². The fourth-order valence-electron chi connectivity index (χ4n) is 2.32. The lowest BCUT2D eigenvalue weighted by atomic mass is 10.1. The molecular weight excluding hydrogens is 333 g/mol. The van der Waals surface area contributed by atoms with Gasteiger partial charge in [0.05, 0.1) is 24.7 Å². The van der Waals surface area contributed by atoms with Crippen LogP contribution in [-0.2, 0) is 27.9 Å². The number of aromatic nitrogens is 2. The van der Waals surface area contributed by atoms with Gasteiger partial charge in [0.1, 0.15) is 4.21 Å². The normalized spacial score (nSPS) is 19.6. The topological polar surface area (TPSA) is 92.5 Å². The van der Waals surface area contributed by atoms with Crippen LogP contribution in [-0.4, -0.2) is 40.1 Å². The maximum absolute atomic E-state index is 13.1. The predicted octanol–water partition coefficient (Wildman–Crippen LogP) is 0.989. The average Bonchev–Trinajstić information content (AvgIpc) is 3.03. The number of rotatable bonds is 3. The van der Waals surface area contributed by atoms with Crippen molar-refractivity contribution in [3.05, 3.63) is 35.2 Å². The molecule has 2 aromatic heterocycles. The molecule has 0 spiro atoms. The van der Waals surface area contributed by atoms with Crippen LogP contribution in [0.1, 0.15) is 5.69 Å². The second-order valence-corrected chi connectivity index (χ2v) is 8.09. The van der Waals surface area contributed by atoms with Gasteiger partial charge in [-0.1, -0.05) is 11.3 Å². The molecule has 10 heteroatoms. The molecule has 1 N–H and O–H groups in total. The van der Waals surface area contributed by atoms with Crippen LogP contribution in [0.5, 0.6) is 0 Å². The summed E-state index contributed by atoms with van der Waals surface area (Å²) in [5.41, 5.74) is 0.601. The highest BCUT2D eigenvalue weighted by atomic mass is 32.2. The molecule has 0 saturated carbocycles. The minimum atomic E-state index is -3.94. The van der Waals surface area contributed by atoms with Crippen LogP contribution in [0.25, 0.3) is 0 Å². The number of halogens is 1. The summed E-state index contributed by atoms with van der Waals surface area (Å²) in [4.78, 5) is 11.3. The highest BCUT2D eigenvalue weighted by molar-refractivity contribution is 7.91. The van der Waals surface area contributed by atoms with E-state index in [0.29, 0.717) is 17.0 Å². The molecule has 0 aliphatic carbocycles. The Hall–Kier alpha value is -1.78. The molecule has 22 heavy (non-hydrogen) atoms. The van der Waals surface area contributed by atoms with Gasteiger partial charge in [0, 0.05) is 12.7 Å². The molecule has 1 aliphatic heterocycles. The number of hydrogen-bond donors (Lipinski definition) is 1. The van der Waals surface area contributed by atoms with E-state index in [0.717, 1.165) is 10.4 Å². The quantitative estimate of drug-likeness (QED) is 0.895. The SMILES string of the molecule is O=C(O)C1CN(S(=O)(=O)c2ccc(F)s2)Cc2ccnn2C1. The van der Waals surface area contributed by atoms with E-state index < -0.39 is 27.0 Å². The summed E-state index contributed by atoms with van der Waals surface area (Å²) in [6, 6.07) is 3.91. The largest absolute Gasteiger partial charge is 0.481 e. The molecule has 0 bridgehead atoms. The molecule has 3 rings (SSSR count). The highest BCUT2D eigenvalue weighted by Crippen LogP contribution is 2.27. The van der Waals surface area contributed by atoms with Gasteiger partial charge in [-0.15, -0.1) is 0 Å². The van der Waals surface area contributed by atoms with Crippen LogP contribution < -0.4 is 0 Å². The Morgan fingerprint density at radius 1 is 1.36 bits per heavy atom. The van der Waals surface area contributed by atoms with Crippen LogP contribution in [0.4, 0.5) is 4.39 Å². The van der Waals surface area contributed by atoms with Crippen LogP contribution in [0.3, 0.4) is 0 Å². The minimum absolute atomic E-state index is 0.00559. The third-order valence-corrected chi connectivity index (χ3v) is 6.60. The van der Waals surface area contributed by atoms with E-state index in [9.17, 15) is 22.7 Å². The van der Waals surface area contributed by atoms with Crippen molar-refractivity contribution < 1.29 is 22.7 Å². The van der Waals surface area contributed by atoms with Crippen LogP contribution in [0, 0.1) is 11.0 Å². The summed E-state index contributed by atoms with van der Waals surface area (Å²) in [5.74, 6) is -2.01. The number of hydrogen-bond acceptors (Lipinski definition) is 5. The second-order valence-electron chi connectivity index (χ2n) is 4.90. The molecule has 2 aromatic rings. The zero-order chi connectivity index (χ0) is 15.9. The number of fused-ring (bicyclic) bond motifs is 1. The smallest absolute Gasteiger partial charge is 0.309 e. The number of thiophene rings is 1. The van der Waals surface area contributed by atoms with E-state index >= 15 is 0 Å². The zero-order valence-corrected chi connectivity index (χ0v) is 12.8. The van der Waals surface area contributed by atoms with Gasteiger partial charge in [-0.25, -0.2) is 8.42 Å². The first-order valence-corrected chi connectivity index (χ1v) is 8.62. The fourth-order valence-corrected chi connectivity index (χ4v) is 4.93.